The monoisotopic (exact) mass is 458 g/mol. The summed E-state index contributed by atoms with van der Waals surface area (Å²) in [6, 6.07) is 25.5. The highest BCUT2D eigenvalue weighted by molar-refractivity contribution is 5.97. The minimum atomic E-state index is -0.265. The lowest BCUT2D eigenvalue weighted by Gasteiger charge is -2.25. The molecule has 0 unspecified atom stereocenters. The van der Waals surface area contributed by atoms with Crippen LogP contribution in [0.25, 0.3) is 0 Å². The van der Waals surface area contributed by atoms with Crippen LogP contribution in [0.3, 0.4) is 0 Å². The maximum absolute atomic E-state index is 13.7. The first-order valence-corrected chi connectivity index (χ1v) is 11.0. The zero-order chi connectivity index (χ0) is 23.9. The second kappa shape index (κ2) is 10.7. The van der Waals surface area contributed by atoms with Crippen LogP contribution < -0.4 is 9.47 Å². The van der Waals surface area contributed by atoms with Crippen LogP contribution in [0.1, 0.15) is 27.2 Å². The highest BCUT2D eigenvalue weighted by Gasteiger charge is 2.22. The molecule has 0 aliphatic rings. The van der Waals surface area contributed by atoms with Crippen molar-refractivity contribution in [2.75, 3.05) is 14.2 Å². The standard InChI is InChI=1S/C28H27FN2O3/c1-33-25-13-14-26(27(17-25)34-2)28(32)31(18-21-8-4-3-5-9-21)20-24-12-7-15-30(24)19-22-10-6-11-23(29)16-22/h3-17H,18-20H2,1-2H3. The van der Waals surface area contributed by atoms with Gasteiger partial charge in [0.25, 0.3) is 5.91 Å². The Morgan fingerprint density at radius 2 is 1.65 bits per heavy atom. The first kappa shape index (κ1) is 23.1. The molecule has 0 bridgehead atoms. The van der Waals surface area contributed by atoms with Gasteiger partial charge in [0, 0.05) is 31.0 Å². The van der Waals surface area contributed by atoms with Crippen molar-refractivity contribution in [1.82, 2.24) is 9.47 Å². The van der Waals surface area contributed by atoms with Gasteiger partial charge in [-0.05, 0) is 47.5 Å². The van der Waals surface area contributed by atoms with E-state index in [-0.39, 0.29) is 11.7 Å². The number of rotatable bonds is 9. The van der Waals surface area contributed by atoms with E-state index < -0.39 is 0 Å². The first-order valence-electron chi connectivity index (χ1n) is 11.0. The molecule has 0 aliphatic carbocycles. The largest absolute Gasteiger partial charge is 0.497 e. The van der Waals surface area contributed by atoms with Crippen LogP contribution in [0.4, 0.5) is 4.39 Å². The van der Waals surface area contributed by atoms with Crippen LogP contribution in [0, 0.1) is 5.82 Å². The molecule has 0 N–H and O–H groups in total. The summed E-state index contributed by atoms with van der Waals surface area (Å²) in [4.78, 5) is 15.5. The van der Waals surface area contributed by atoms with Gasteiger partial charge in [0.2, 0.25) is 0 Å². The lowest BCUT2D eigenvalue weighted by molar-refractivity contribution is 0.0722. The van der Waals surface area contributed by atoms with Gasteiger partial charge in [-0.25, -0.2) is 4.39 Å². The zero-order valence-electron chi connectivity index (χ0n) is 19.3. The van der Waals surface area contributed by atoms with E-state index in [1.165, 1.54) is 19.2 Å². The van der Waals surface area contributed by atoms with E-state index in [2.05, 4.69) is 0 Å². The van der Waals surface area contributed by atoms with Gasteiger partial charge in [0.15, 0.2) is 0 Å². The summed E-state index contributed by atoms with van der Waals surface area (Å²) in [5, 5.41) is 0. The SMILES string of the molecule is COc1ccc(C(=O)N(Cc2ccccc2)Cc2cccn2Cc2cccc(F)c2)c(OC)c1. The van der Waals surface area contributed by atoms with E-state index in [1.807, 2.05) is 59.3 Å². The highest BCUT2D eigenvalue weighted by atomic mass is 19.1. The van der Waals surface area contributed by atoms with E-state index in [0.29, 0.717) is 36.7 Å². The second-order valence-corrected chi connectivity index (χ2v) is 7.97. The van der Waals surface area contributed by atoms with Crippen molar-refractivity contribution < 1.29 is 18.7 Å². The topological polar surface area (TPSA) is 43.7 Å². The summed E-state index contributed by atoms with van der Waals surface area (Å²) in [6.07, 6.45) is 1.94. The predicted octanol–water partition coefficient (Wildman–Crippen LogP) is 5.54. The maximum atomic E-state index is 13.7. The molecule has 3 aromatic carbocycles. The number of nitrogens with zero attached hydrogens (tertiary/aromatic N) is 2. The Labute approximate surface area is 199 Å². The number of ether oxygens (including phenoxy) is 2. The Bertz CT molecular complexity index is 1250. The summed E-state index contributed by atoms with van der Waals surface area (Å²) < 4.78 is 26.5. The van der Waals surface area contributed by atoms with E-state index >= 15 is 0 Å². The van der Waals surface area contributed by atoms with Gasteiger partial charge < -0.3 is 18.9 Å². The second-order valence-electron chi connectivity index (χ2n) is 7.97. The molecule has 0 radical (unpaired) electrons. The third kappa shape index (κ3) is 5.46. The Morgan fingerprint density at radius 3 is 2.38 bits per heavy atom. The van der Waals surface area contributed by atoms with Gasteiger partial charge in [0.05, 0.1) is 26.3 Å². The van der Waals surface area contributed by atoms with E-state index in [9.17, 15) is 9.18 Å². The van der Waals surface area contributed by atoms with Crippen molar-refractivity contribution in [2.45, 2.75) is 19.6 Å². The number of methoxy groups -OCH3 is 2. The van der Waals surface area contributed by atoms with E-state index in [1.54, 1.807) is 36.3 Å². The van der Waals surface area contributed by atoms with Crippen LogP contribution in [0.5, 0.6) is 11.5 Å². The molecular weight excluding hydrogens is 431 g/mol. The van der Waals surface area contributed by atoms with Crippen LogP contribution in [-0.2, 0) is 19.6 Å². The van der Waals surface area contributed by atoms with Crippen molar-refractivity contribution in [3.63, 3.8) is 0 Å². The van der Waals surface area contributed by atoms with Crippen molar-refractivity contribution in [1.29, 1.82) is 0 Å². The molecule has 4 rings (SSSR count). The number of hydrogen-bond donors (Lipinski definition) is 0. The molecule has 0 saturated heterocycles. The summed E-state index contributed by atoms with van der Waals surface area (Å²) in [6.45, 7) is 1.32. The molecule has 1 aromatic heterocycles. The predicted molar refractivity (Wildman–Crippen MR) is 129 cm³/mol. The van der Waals surface area contributed by atoms with Gasteiger partial charge in [-0.15, -0.1) is 0 Å². The molecule has 6 heteroatoms. The van der Waals surface area contributed by atoms with Gasteiger partial charge in [-0.3, -0.25) is 4.79 Å². The number of halogens is 1. The number of aromatic nitrogens is 1. The lowest BCUT2D eigenvalue weighted by Crippen LogP contribution is -2.31. The quantitative estimate of drug-likeness (QED) is 0.331. The van der Waals surface area contributed by atoms with Crippen molar-refractivity contribution in [2.24, 2.45) is 0 Å². The van der Waals surface area contributed by atoms with Crippen molar-refractivity contribution >= 4 is 5.91 Å². The molecule has 0 saturated carbocycles. The number of benzene rings is 3. The molecule has 0 fully saturated rings. The van der Waals surface area contributed by atoms with Gasteiger partial charge in [0.1, 0.15) is 17.3 Å². The van der Waals surface area contributed by atoms with Crippen LogP contribution in [0.2, 0.25) is 0 Å². The summed E-state index contributed by atoms with van der Waals surface area (Å²) in [5.74, 6) is 0.657. The van der Waals surface area contributed by atoms with Crippen molar-refractivity contribution in [3.8, 4) is 11.5 Å². The number of carbonyl (C=O) groups excluding carboxylic acids is 1. The zero-order valence-corrected chi connectivity index (χ0v) is 19.3. The van der Waals surface area contributed by atoms with E-state index in [0.717, 1.165) is 16.8 Å². The lowest BCUT2D eigenvalue weighted by atomic mass is 10.1. The molecule has 4 aromatic rings. The average Bonchev–Trinajstić information content (AvgIpc) is 3.29. The van der Waals surface area contributed by atoms with Crippen LogP contribution in [-0.4, -0.2) is 29.6 Å². The molecule has 174 valence electrons. The molecule has 1 heterocycles. The highest BCUT2D eigenvalue weighted by Crippen LogP contribution is 2.27. The molecule has 0 spiro atoms. The summed E-state index contributed by atoms with van der Waals surface area (Å²) >= 11 is 0. The summed E-state index contributed by atoms with van der Waals surface area (Å²) in [5.41, 5.74) is 3.28. The molecule has 1 amide bonds. The fourth-order valence-corrected chi connectivity index (χ4v) is 3.92. The molecule has 0 aliphatic heterocycles. The third-order valence-electron chi connectivity index (χ3n) is 5.66. The normalized spacial score (nSPS) is 10.7. The Morgan fingerprint density at radius 1 is 0.853 bits per heavy atom. The number of amides is 1. The average molecular weight is 459 g/mol. The number of carbonyl (C=O) groups is 1. The summed E-state index contributed by atoms with van der Waals surface area (Å²) in [7, 11) is 3.11. The maximum Gasteiger partial charge on any atom is 0.258 e. The van der Waals surface area contributed by atoms with Gasteiger partial charge >= 0.3 is 0 Å². The fourth-order valence-electron chi connectivity index (χ4n) is 3.92. The molecule has 5 nitrogen and oxygen atoms in total. The van der Waals surface area contributed by atoms with Crippen molar-refractivity contribution in [3.05, 3.63) is 119 Å². The fraction of sp³-hybridized carbons (Fsp3) is 0.179. The van der Waals surface area contributed by atoms with Gasteiger partial charge in [-0.2, -0.15) is 0 Å². The Hall–Kier alpha value is -4.06. The Balaban J connectivity index is 1.64. The molecule has 34 heavy (non-hydrogen) atoms. The third-order valence-corrected chi connectivity index (χ3v) is 5.66. The van der Waals surface area contributed by atoms with Crippen LogP contribution >= 0.6 is 0 Å². The minimum Gasteiger partial charge on any atom is -0.497 e. The first-order chi connectivity index (χ1) is 16.6. The van der Waals surface area contributed by atoms with Gasteiger partial charge in [-0.1, -0.05) is 42.5 Å². The smallest absolute Gasteiger partial charge is 0.258 e. The molecule has 0 atom stereocenters. The van der Waals surface area contributed by atoms with E-state index in [4.69, 9.17) is 9.47 Å². The Kier molecular flexibility index (Phi) is 7.28. The van der Waals surface area contributed by atoms with Crippen LogP contribution in [0.15, 0.2) is 91.1 Å². The number of hydrogen-bond acceptors (Lipinski definition) is 3. The molecular formula is C28H27FN2O3. The minimum absolute atomic E-state index is 0.151.